The molecule has 0 radical (unpaired) electrons. The van der Waals surface area contributed by atoms with Gasteiger partial charge in [-0.25, -0.2) is 0 Å². The lowest BCUT2D eigenvalue weighted by molar-refractivity contribution is 0.522. The molecule has 0 aliphatic heterocycles. The number of rotatable bonds is 14. The van der Waals surface area contributed by atoms with Crippen molar-refractivity contribution < 1.29 is 0 Å². The van der Waals surface area contributed by atoms with Crippen molar-refractivity contribution in [2.75, 3.05) is 6.54 Å². The van der Waals surface area contributed by atoms with Crippen LogP contribution in [0.3, 0.4) is 0 Å². The van der Waals surface area contributed by atoms with Crippen LogP contribution in [0.15, 0.2) is 0 Å². The first-order valence-corrected chi connectivity index (χ1v) is 7.98. The molecule has 0 aromatic heterocycles. The van der Waals surface area contributed by atoms with Gasteiger partial charge in [0, 0.05) is 0 Å². The average Bonchev–Trinajstić information content (AvgIpc) is 2.34. The Morgan fingerprint density at radius 1 is 0.500 bits per heavy atom. The Morgan fingerprint density at radius 2 is 0.833 bits per heavy atom. The van der Waals surface area contributed by atoms with E-state index in [1.165, 1.54) is 77.0 Å². The van der Waals surface area contributed by atoms with Gasteiger partial charge in [0.2, 0.25) is 0 Å². The van der Waals surface area contributed by atoms with E-state index in [0.29, 0.717) is 0 Å². The summed E-state index contributed by atoms with van der Waals surface area (Å²) in [5.41, 5.74) is 16.5. The zero-order chi connectivity index (χ0) is 13.5. The van der Waals surface area contributed by atoms with Gasteiger partial charge in [0.1, 0.15) is 0 Å². The third-order valence-corrected chi connectivity index (χ3v) is 3.49. The van der Waals surface area contributed by atoms with E-state index in [1.807, 2.05) is 0 Å². The molecule has 0 heterocycles. The Morgan fingerprint density at radius 3 is 1.17 bits per heavy atom. The van der Waals surface area contributed by atoms with E-state index in [9.17, 15) is 0 Å². The normalized spacial score (nSPS) is 11.3. The average molecular weight is 257 g/mol. The maximum atomic E-state index is 5.50. The fraction of sp³-hybridized carbons (Fsp3) is 1.00. The van der Waals surface area contributed by atoms with Crippen LogP contribution in [0.25, 0.3) is 0 Å². The summed E-state index contributed by atoms with van der Waals surface area (Å²) in [6.45, 7) is 0.856. The third-order valence-electron chi connectivity index (χ3n) is 3.49. The molecule has 0 unspecified atom stereocenters. The summed E-state index contributed by atoms with van der Waals surface area (Å²) in [5.74, 6) is 0. The van der Waals surface area contributed by atoms with Gasteiger partial charge in [-0.3, -0.25) is 0 Å². The Labute approximate surface area is 114 Å². The van der Waals surface area contributed by atoms with Crippen LogP contribution in [-0.2, 0) is 0 Å². The molecule has 0 rings (SSSR count). The Balaban J connectivity index is 2.90. The minimum atomic E-state index is -0.107. The molecule has 3 nitrogen and oxygen atoms in total. The predicted octanol–water partition coefficient (Wildman–Crippen LogP) is 3.26. The molecule has 0 spiro atoms. The zero-order valence-corrected chi connectivity index (χ0v) is 12.2. The molecule has 0 aromatic carbocycles. The first-order valence-electron chi connectivity index (χ1n) is 7.98. The number of nitrogens with two attached hydrogens (primary N) is 3. The number of unbranched alkanes of at least 4 members (excludes halogenated alkanes) is 11. The van der Waals surface area contributed by atoms with Gasteiger partial charge in [-0.05, 0) is 19.4 Å². The fourth-order valence-corrected chi connectivity index (χ4v) is 2.29. The molecule has 0 bridgehead atoms. The smallest absolute Gasteiger partial charge is 0.0520 e. The fourth-order valence-electron chi connectivity index (χ4n) is 2.29. The van der Waals surface area contributed by atoms with E-state index in [2.05, 4.69) is 0 Å². The standard InChI is InChI=1S/C15H35N3/c16-14-12-10-8-6-4-2-1-3-5-7-9-11-13-15(17)18/h15H,1-14,16-18H2. The van der Waals surface area contributed by atoms with Crippen molar-refractivity contribution in [2.24, 2.45) is 17.2 Å². The summed E-state index contributed by atoms with van der Waals surface area (Å²) in [6, 6.07) is 0. The SMILES string of the molecule is NCCCCCCCCCCCCCCC(N)N. The summed E-state index contributed by atoms with van der Waals surface area (Å²) >= 11 is 0. The van der Waals surface area contributed by atoms with Crippen molar-refractivity contribution >= 4 is 0 Å². The van der Waals surface area contributed by atoms with Crippen molar-refractivity contribution in [1.29, 1.82) is 0 Å². The molecule has 0 fully saturated rings. The van der Waals surface area contributed by atoms with E-state index in [4.69, 9.17) is 17.2 Å². The van der Waals surface area contributed by atoms with Gasteiger partial charge in [0.05, 0.1) is 6.17 Å². The topological polar surface area (TPSA) is 78.1 Å². The lowest BCUT2D eigenvalue weighted by atomic mass is 10.0. The van der Waals surface area contributed by atoms with Crippen LogP contribution < -0.4 is 17.2 Å². The molecule has 0 aromatic rings. The molecule has 0 atom stereocenters. The summed E-state index contributed by atoms with van der Waals surface area (Å²) in [6.07, 6.45) is 17.0. The molecule has 0 aliphatic rings. The molecular weight excluding hydrogens is 222 g/mol. The molecule has 0 saturated carbocycles. The maximum Gasteiger partial charge on any atom is 0.0520 e. The molecular formula is C15H35N3. The van der Waals surface area contributed by atoms with Crippen LogP contribution in [0.2, 0.25) is 0 Å². The molecule has 6 N–H and O–H groups in total. The molecule has 110 valence electrons. The van der Waals surface area contributed by atoms with Gasteiger partial charge in [0.15, 0.2) is 0 Å². The zero-order valence-electron chi connectivity index (χ0n) is 12.2. The molecule has 18 heavy (non-hydrogen) atoms. The lowest BCUT2D eigenvalue weighted by Gasteiger charge is -2.05. The molecule has 0 aliphatic carbocycles. The van der Waals surface area contributed by atoms with Gasteiger partial charge in [0.25, 0.3) is 0 Å². The van der Waals surface area contributed by atoms with Gasteiger partial charge < -0.3 is 17.2 Å². The molecule has 0 saturated heterocycles. The van der Waals surface area contributed by atoms with Gasteiger partial charge in [-0.15, -0.1) is 0 Å². The first kappa shape index (κ1) is 17.9. The largest absolute Gasteiger partial charge is 0.330 e. The van der Waals surface area contributed by atoms with E-state index in [1.54, 1.807) is 0 Å². The second-order valence-corrected chi connectivity index (χ2v) is 5.48. The maximum absolute atomic E-state index is 5.50. The molecule has 3 heteroatoms. The second kappa shape index (κ2) is 14.9. The highest BCUT2D eigenvalue weighted by atomic mass is 14.8. The number of hydrogen-bond donors (Lipinski definition) is 3. The van der Waals surface area contributed by atoms with E-state index >= 15 is 0 Å². The van der Waals surface area contributed by atoms with E-state index in [0.717, 1.165) is 13.0 Å². The lowest BCUT2D eigenvalue weighted by Crippen LogP contribution is -2.29. The summed E-state index contributed by atoms with van der Waals surface area (Å²) in [7, 11) is 0. The van der Waals surface area contributed by atoms with Gasteiger partial charge in [-0.2, -0.15) is 0 Å². The highest BCUT2D eigenvalue weighted by molar-refractivity contribution is 4.53. The van der Waals surface area contributed by atoms with Crippen LogP contribution in [0, 0.1) is 0 Å². The second-order valence-electron chi connectivity index (χ2n) is 5.48. The minimum absolute atomic E-state index is 0.107. The first-order chi connectivity index (χ1) is 8.77. The highest BCUT2D eigenvalue weighted by Crippen LogP contribution is 2.12. The van der Waals surface area contributed by atoms with Crippen molar-refractivity contribution in [3.63, 3.8) is 0 Å². The quantitative estimate of drug-likeness (QED) is 0.330. The molecule has 0 amide bonds. The van der Waals surface area contributed by atoms with Crippen molar-refractivity contribution in [3.05, 3.63) is 0 Å². The Bertz CT molecular complexity index is 149. The minimum Gasteiger partial charge on any atom is -0.330 e. The van der Waals surface area contributed by atoms with Crippen LogP contribution in [0.4, 0.5) is 0 Å². The van der Waals surface area contributed by atoms with Crippen LogP contribution >= 0.6 is 0 Å². The summed E-state index contributed by atoms with van der Waals surface area (Å²) in [4.78, 5) is 0. The van der Waals surface area contributed by atoms with Crippen LogP contribution in [-0.4, -0.2) is 12.7 Å². The van der Waals surface area contributed by atoms with E-state index < -0.39 is 0 Å². The Kier molecular flexibility index (Phi) is 14.8. The monoisotopic (exact) mass is 257 g/mol. The van der Waals surface area contributed by atoms with Crippen LogP contribution in [0.1, 0.15) is 83.5 Å². The van der Waals surface area contributed by atoms with Gasteiger partial charge >= 0.3 is 0 Å². The van der Waals surface area contributed by atoms with Crippen molar-refractivity contribution in [2.45, 2.75) is 89.6 Å². The highest BCUT2D eigenvalue weighted by Gasteiger charge is 1.95. The predicted molar refractivity (Wildman–Crippen MR) is 81.2 cm³/mol. The van der Waals surface area contributed by atoms with E-state index in [-0.39, 0.29) is 6.17 Å². The summed E-state index contributed by atoms with van der Waals surface area (Å²) < 4.78 is 0. The van der Waals surface area contributed by atoms with Crippen molar-refractivity contribution in [1.82, 2.24) is 0 Å². The number of hydrogen-bond acceptors (Lipinski definition) is 3. The van der Waals surface area contributed by atoms with Crippen molar-refractivity contribution in [3.8, 4) is 0 Å². The summed E-state index contributed by atoms with van der Waals surface area (Å²) in [5, 5.41) is 0. The van der Waals surface area contributed by atoms with Crippen LogP contribution in [0.5, 0.6) is 0 Å². The van der Waals surface area contributed by atoms with Gasteiger partial charge in [-0.1, -0.05) is 70.6 Å². The Hall–Kier alpha value is -0.120. The third kappa shape index (κ3) is 15.9.